The van der Waals surface area contributed by atoms with Gasteiger partial charge < -0.3 is 5.32 Å². The minimum atomic E-state index is -4.38. The smallest absolute Gasteiger partial charge is 0.352 e. The maximum atomic E-state index is 12.6. The fourth-order valence-corrected chi connectivity index (χ4v) is 1.46. The number of hydrogen-bond donors (Lipinski definition) is 1. The normalized spacial score (nSPS) is 11.3. The number of carbonyl (C=O) groups is 1. The summed E-state index contributed by atoms with van der Waals surface area (Å²) in [6, 6.07) is 5.24. The fraction of sp³-hybridized carbons (Fsp3) is 0.417. The Balaban J connectivity index is 2.74. The first-order valence-corrected chi connectivity index (χ1v) is 5.37. The van der Waals surface area contributed by atoms with Crippen molar-refractivity contribution in [2.45, 2.75) is 32.5 Å². The topological polar surface area (TPSA) is 29.1 Å². The average molecular weight is 245 g/mol. The lowest BCUT2D eigenvalue weighted by atomic mass is 10.1. The molecule has 0 atom stereocenters. The van der Waals surface area contributed by atoms with Crippen molar-refractivity contribution < 1.29 is 18.0 Å². The van der Waals surface area contributed by atoms with Gasteiger partial charge in [0.15, 0.2) is 0 Å². The molecule has 17 heavy (non-hydrogen) atoms. The molecule has 1 aromatic carbocycles. The van der Waals surface area contributed by atoms with Crippen LogP contribution in [-0.4, -0.2) is 5.91 Å². The molecule has 5 heteroatoms. The van der Waals surface area contributed by atoms with E-state index in [1.54, 1.807) is 0 Å². The Labute approximate surface area is 97.8 Å². The molecule has 0 aliphatic carbocycles. The summed E-state index contributed by atoms with van der Waals surface area (Å²) in [5, 5.41) is 2.47. The summed E-state index contributed by atoms with van der Waals surface area (Å²) in [6.07, 6.45) is -3.38. The van der Waals surface area contributed by atoms with Crippen LogP contribution in [-0.2, 0) is 17.5 Å². The molecule has 0 aromatic heterocycles. The van der Waals surface area contributed by atoms with Gasteiger partial charge in [0.1, 0.15) is 0 Å². The Bertz CT molecular complexity index is 388. The minimum Gasteiger partial charge on any atom is -0.352 e. The van der Waals surface area contributed by atoms with Crippen LogP contribution in [0.3, 0.4) is 0 Å². The number of hydrogen-bond acceptors (Lipinski definition) is 1. The maximum absolute atomic E-state index is 12.6. The van der Waals surface area contributed by atoms with Crippen LogP contribution in [0, 0.1) is 0 Å². The SMILES string of the molecule is CCCC(=O)NCc1ccccc1C(F)(F)F. The first-order chi connectivity index (χ1) is 7.95. The van der Waals surface area contributed by atoms with Crippen molar-refractivity contribution in [2.24, 2.45) is 0 Å². The van der Waals surface area contributed by atoms with Crippen LogP contribution in [0.2, 0.25) is 0 Å². The maximum Gasteiger partial charge on any atom is 0.416 e. The molecular weight excluding hydrogens is 231 g/mol. The molecule has 0 radical (unpaired) electrons. The fourth-order valence-electron chi connectivity index (χ4n) is 1.46. The zero-order chi connectivity index (χ0) is 12.9. The van der Waals surface area contributed by atoms with Gasteiger partial charge >= 0.3 is 6.18 Å². The minimum absolute atomic E-state index is 0.0875. The zero-order valence-electron chi connectivity index (χ0n) is 9.47. The number of alkyl halides is 3. The second-order valence-electron chi connectivity index (χ2n) is 3.68. The number of halogens is 3. The standard InChI is InChI=1S/C12H14F3NO/c1-2-5-11(17)16-8-9-6-3-4-7-10(9)12(13,14)15/h3-4,6-7H,2,5,8H2,1H3,(H,16,17). The first-order valence-electron chi connectivity index (χ1n) is 5.37. The molecule has 0 aliphatic rings. The number of nitrogens with one attached hydrogen (secondary N) is 1. The van der Waals surface area contributed by atoms with Crippen LogP contribution in [0.4, 0.5) is 13.2 Å². The van der Waals surface area contributed by atoms with Crippen LogP contribution >= 0.6 is 0 Å². The highest BCUT2D eigenvalue weighted by Gasteiger charge is 2.32. The molecule has 0 saturated heterocycles. The van der Waals surface area contributed by atoms with Gasteiger partial charge in [-0.15, -0.1) is 0 Å². The summed E-state index contributed by atoms with van der Waals surface area (Å²) in [4.78, 5) is 11.2. The second-order valence-corrected chi connectivity index (χ2v) is 3.68. The second kappa shape index (κ2) is 5.70. The van der Waals surface area contributed by atoms with Crippen molar-refractivity contribution in [3.05, 3.63) is 35.4 Å². The molecule has 1 rings (SSSR count). The number of rotatable bonds is 4. The van der Waals surface area contributed by atoms with Crippen LogP contribution in [0.25, 0.3) is 0 Å². The van der Waals surface area contributed by atoms with Gasteiger partial charge in [-0.3, -0.25) is 4.79 Å². The molecule has 94 valence electrons. The van der Waals surface area contributed by atoms with Crippen LogP contribution in [0.15, 0.2) is 24.3 Å². The molecule has 0 fully saturated rings. The summed E-state index contributed by atoms with van der Waals surface area (Å²) in [5.74, 6) is -0.232. The van der Waals surface area contributed by atoms with Gasteiger partial charge in [-0.2, -0.15) is 13.2 Å². The third-order valence-electron chi connectivity index (χ3n) is 2.28. The number of amides is 1. The van der Waals surface area contributed by atoms with E-state index in [0.29, 0.717) is 12.8 Å². The summed E-state index contributed by atoms with van der Waals surface area (Å²) in [7, 11) is 0. The molecule has 1 amide bonds. The first kappa shape index (κ1) is 13.5. The highest BCUT2D eigenvalue weighted by molar-refractivity contribution is 5.75. The molecule has 1 N–H and O–H groups in total. The van der Waals surface area contributed by atoms with E-state index in [1.165, 1.54) is 18.2 Å². The van der Waals surface area contributed by atoms with Crippen molar-refractivity contribution in [1.29, 1.82) is 0 Å². The van der Waals surface area contributed by atoms with E-state index in [9.17, 15) is 18.0 Å². The monoisotopic (exact) mass is 245 g/mol. The quantitative estimate of drug-likeness (QED) is 0.867. The van der Waals surface area contributed by atoms with Crippen molar-refractivity contribution >= 4 is 5.91 Å². The molecule has 0 aliphatic heterocycles. The molecule has 0 spiro atoms. The predicted molar refractivity (Wildman–Crippen MR) is 58.2 cm³/mol. The van der Waals surface area contributed by atoms with Gasteiger partial charge in [0.2, 0.25) is 5.91 Å². The number of benzene rings is 1. The Kier molecular flexibility index (Phi) is 4.54. The molecule has 0 bridgehead atoms. The van der Waals surface area contributed by atoms with E-state index in [1.807, 2.05) is 6.92 Å². The zero-order valence-corrected chi connectivity index (χ0v) is 9.47. The van der Waals surface area contributed by atoms with Gasteiger partial charge in [-0.25, -0.2) is 0 Å². The lowest BCUT2D eigenvalue weighted by molar-refractivity contribution is -0.138. The molecule has 1 aromatic rings. The lowest BCUT2D eigenvalue weighted by Gasteiger charge is -2.13. The number of carbonyl (C=O) groups excluding carboxylic acids is 1. The third kappa shape index (κ3) is 4.09. The van der Waals surface area contributed by atoms with Crippen molar-refractivity contribution in [3.63, 3.8) is 0 Å². The Morgan fingerprint density at radius 2 is 1.94 bits per heavy atom. The molecule has 0 unspecified atom stereocenters. The van der Waals surface area contributed by atoms with E-state index in [-0.39, 0.29) is 18.0 Å². The third-order valence-corrected chi connectivity index (χ3v) is 2.28. The Hall–Kier alpha value is -1.52. The van der Waals surface area contributed by atoms with Crippen molar-refractivity contribution in [3.8, 4) is 0 Å². The van der Waals surface area contributed by atoms with Crippen LogP contribution in [0.1, 0.15) is 30.9 Å². The summed E-state index contributed by atoms with van der Waals surface area (Å²) in [5.41, 5.74) is -0.610. The van der Waals surface area contributed by atoms with E-state index >= 15 is 0 Å². The van der Waals surface area contributed by atoms with Crippen LogP contribution < -0.4 is 5.32 Å². The van der Waals surface area contributed by atoms with E-state index in [0.717, 1.165) is 6.07 Å². The molecule has 2 nitrogen and oxygen atoms in total. The average Bonchev–Trinajstić information content (AvgIpc) is 2.26. The largest absolute Gasteiger partial charge is 0.416 e. The predicted octanol–water partition coefficient (Wildman–Crippen LogP) is 3.12. The van der Waals surface area contributed by atoms with Gasteiger partial charge in [-0.05, 0) is 18.1 Å². The molecule has 0 saturated carbocycles. The summed E-state index contributed by atoms with van der Waals surface area (Å²) in [6.45, 7) is 1.75. The van der Waals surface area contributed by atoms with E-state index in [4.69, 9.17) is 0 Å². The van der Waals surface area contributed by atoms with Gasteiger partial charge in [-0.1, -0.05) is 25.1 Å². The van der Waals surface area contributed by atoms with Crippen LogP contribution in [0.5, 0.6) is 0 Å². The van der Waals surface area contributed by atoms with Gasteiger partial charge in [0.25, 0.3) is 0 Å². The Morgan fingerprint density at radius 3 is 2.53 bits per heavy atom. The van der Waals surface area contributed by atoms with Crippen molar-refractivity contribution in [1.82, 2.24) is 5.32 Å². The highest BCUT2D eigenvalue weighted by Crippen LogP contribution is 2.31. The Morgan fingerprint density at radius 1 is 1.29 bits per heavy atom. The van der Waals surface area contributed by atoms with E-state index < -0.39 is 11.7 Å². The van der Waals surface area contributed by atoms with Crippen molar-refractivity contribution in [2.75, 3.05) is 0 Å². The molecule has 0 heterocycles. The lowest BCUT2D eigenvalue weighted by Crippen LogP contribution is -2.23. The summed E-state index contributed by atoms with van der Waals surface area (Å²) < 4.78 is 37.8. The van der Waals surface area contributed by atoms with Gasteiger partial charge in [0.05, 0.1) is 5.56 Å². The summed E-state index contributed by atoms with van der Waals surface area (Å²) >= 11 is 0. The molecular formula is C12H14F3NO. The highest BCUT2D eigenvalue weighted by atomic mass is 19.4. The van der Waals surface area contributed by atoms with Gasteiger partial charge in [0, 0.05) is 13.0 Å². The van der Waals surface area contributed by atoms with E-state index in [2.05, 4.69) is 5.32 Å².